The van der Waals surface area contributed by atoms with Crippen LogP contribution < -0.4 is 0 Å². The minimum atomic E-state index is -1.34. The first-order valence-corrected chi connectivity index (χ1v) is 14.6. The summed E-state index contributed by atoms with van der Waals surface area (Å²) < 4.78 is 29.8. The van der Waals surface area contributed by atoms with Crippen LogP contribution >= 0.6 is 0 Å². The van der Waals surface area contributed by atoms with Crippen LogP contribution in [0, 0.1) is 21.7 Å². The molecule has 0 saturated carbocycles. The standard InChI is InChI=1S/C33H49NO9/c1-30(2,3)26(35)39-19-21-22(41-27(36)31(4,5)6)23(42-28(37)32(7,8)9)24(43-29(38)33(10,11)12)25(40-21)34-18-20-16-14-13-15-17-20/h13-18,21-25H,19H2,1-12H3/t21?,22-,23-,24?,25-/m1/s1. The molecule has 1 saturated heterocycles. The minimum absolute atomic E-state index is 0.334. The summed E-state index contributed by atoms with van der Waals surface area (Å²) in [6.45, 7) is 19.9. The van der Waals surface area contributed by atoms with Gasteiger partial charge in [-0.05, 0) is 88.6 Å². The Labute approximate surface area is 255 Å². The number of carbonyl (C=O) groups is 4. The van der Waals surface area contributed by atoms with Gasteiger partial charge >= 0.3 is 23.9 Å². The summed E-state index contributed by atoms with van der Waals surface area (Å²) in [5.74, 6) is -2.34. The molecular weight excluding hydrogens is 554 g/mol. The van der Waals surface area contributed by atoms with E-state index < -0.39 is 76.2 Å². The van der Waals surface area contributed by atoms with Crippen LogP contribution in [0.2, 0.25) is 0 Å². The van der Waals surface area contributed by atoms with Gasteiger partial charge in [-0.15, -0.1) is 0 Å². The molecule has 2 unspecified atom stereocenters. The van der Waals surface area contributed by atoms with Crippen molar-refractivity contribution < 1.29 is 42.9 Å². The fourth-order valence-corrected chi connectivity index (χ4v) is 3.53. The van der Waals surface area contributed by atoms with E-state index in [1.165, 1.54) is 0 Å². The third-order valence-electron chi connectivity index (χ3n) is 6.34. The molecule has 0 radical (unpaired) electrons. The van der Waals surface area contributed by atoms with Gasteiger partial charge in [-0.25, -0.2) is 0 Å². The number of hydrogen-bond donors (Lipinski definition) is 0. The number of ether oxygens (including phenoxy) is 5. The summed E-state index contributed by atoms with van der Waals surface area (Å²) in [5, 5.41) is 0. The van der Waals surface area contributed by atoms with Crippen molar-refractivity contribution in [1.82, 2.24) is 0 Å². The number of nitrogens with zero attached hydrogens (tertiary/aromatic N) is 1. The fourth-order valence-electron chi connectivity index (χ4n) is 3.53. The highest BCUT2D eigenvalue weighted by Gasteiger charge is 2.54. The van der Waals surface area contributed by atoms with Crippen molar-refractivity contribution >= 4 is 30.1 Å². The van der Waals surface area contributed by atoms with E-state index in [9.17, 15) is 19.2 Å². The topological polar surface area (TPSA) is 127 Å². The molecule has 0 bridgehead atoms. The van der Waals surface area contributed by atoms with E-state index in [0.29, 0.717) is 0 Å². The highest BCUT2D eigenvalue weighted by Crippen LogP contribution is 2.34. The van der Waals surface area contributed by atoms with Crippen molar-refractivity contribution in [3.63, 3.8) is 0 Å². The molecular formula is C33H49NO9. The first-order valence-electron chi connectivity index (χ1n) is 14.6. The first-order chi connectivity index (χ1) is 19.5. The summed E-state index contributed by atoms with van der Waals surface area (Å²) in [6.07, 6.45) is -4.71. The Morgan fingerprint density at radius 1 is 0.651 bits per heavy atom. The first kappa shape index (κ1) is 35.9. The van der Waals surface area contributed by atoms with Crippen molar-refractivity contribution in [2.75, 3.05) is 6.61 Å². The Hall–Kier alpha value is -3.27. The van der Waals surface area contributed by atoms with Crippen LogP contribution in [-0.4, -0.2) is 67.3 Å². The Morgan fingerprint density at radius 3 is 1.51 bits per heavy atom. The molecule has 5 atom stereocenters. The highest BCUT2D eigenvalue weighted by atomic mass is 16.7. The van der Waals surface area contributed by atoms with E-state index >= 15 is 0 Å². The molecule has 0 aliphatic carbocycles. The van der Waals surface area contributed by atoms with E-state index in [1.807, 2.05) is 30.3 Å². The fraction of sp³-hybridized carbons (Fsp3) is 0.667. The van der Waals surface area contributed by atoms with E-state index in [-0.39, 0.29) is 6.61 Å². The molecule has 43 heavy (non-hydrogen) atoms. The molecule has 0 spiro atoms. The van der Waals surface area contributed by atoms with Crippen LogP contribution in [0.25, 0.3) is 0 Å². The number of benzene rings is 1. The number of aliphatic imine (C=N–C) groups is 1. The molecule has 0 amide bonds. The maximum atomic E-state index is 13.3. The van der Waals surface area contributed by atoms with Crippen LogP contribution in [0.3, 0.4) is 0 Å². The maximum Gasteiger partial charge on any atom is 0.311 e. The number of carbonyl (C=O) groups excluding carboxylic acids is 4. The van der Waals surface area contributed by atoms with E-state index in [1.54, 1.807) is 89.3 Å². The number of rotatable bonds is 7. The van der Waals surface area contributed by atoms with Crippen molar-refractivity contribution in [3.8, 4) is 0 Å². The van der Waals surface area contributed by atoms with Gasteiger partial charge in [0.05, 0.1) is 21.7 Å². The second kappa shape index (κ2) is 13.6. The monoisotopic (exact) mass is 603 g/mol. The van der Waals surface area contributed by atoms with Crippen molar-refractivity contribution in [2.45, 2.75) is 114 Å². The Bertz CT molecular complexity index is 1160. The van der Waals surface area contributed by atoms with E-state index in [2.05, 4.69) is 4.99 Å². The van der Waals surface area contributed by atoms with Gasteiger partial charge in [0.1, 0.15) is 12.7 Å². The zero-order chi connectivity index (χ0) is 33.0. The van der Waals surface area contributed by atoms with Crippen molar-refractivity contribution in [1.29, 1.82) is 0 Å². The molecule has 0 aromatic heterocycles. The Kier molecular flexibility index (Phi) is 11.3. The quantitative estimate of drug-likeness (QED) is 0.232. The maximum absolute atomic E-state index is 13.3. The molecule has 1 heterocycles. The second-order valence-electron chi connectivity index (χ2n) is 15.0. The largest absolute Gasteiger partial charge is 0.462 e. The third-order valence-corrected chi connectivity index (χ3v) is 6.34. The molecule has 1 fully saturated rings. The van der Waals surface area contributed by atoms with Gasteiger partial charge in [0.15, 0.2) is 24.5 Å². The van der Waals surface area contributed by atoms with Crippen LogP contribution in [0.4, 0.5) is 0 Å². The SMILES string of the molecule is CC(C)(C)C(=O)OCC1O[C@@H](N=Cc2ccccc2)C(OC(=O)C(C)(C)C)[C@H](OC(=O)C(C)(C)C)[C@@H]1OC(=O)C(C)(C)C. The molecule has 10 nitrogen and oxygen atoms in total. The van der Waals surface area contributed by atoms with Gasteiger partial charge in [-0.2, -0.15) is 0 Å². The zero-order valence-electron chi connectivity index (χ0n) is 27.7. The normalized spacial score (nSPS) is 23.4. The molecule has 1 aromatic carbocycles. The lowest BCUT2D eigenvalue weighted by Crippen LogP contribution is -2.63. The minimum Gasteiger partial charge on any atom is -0.462 e. The van der Waals surface area contributed by atoms with Crippen LogP contribution in [0.5, 0.6) is 0 Å². The van der Waals surface area contributed by atoms with E-state index in [0.717, 1.165) is 5.56 Å². The van der Waals surface area contributed by atoms with Gasteiger partial charge in [-0.1, -0.05) is 30.3 Å². The summed E-state index contributed by atoms with van der Waals surface area (Å²) in [5.41, 5.74) is -2.90. The van der Waals surface area contributed by atoms with Crippen molar-refractivity contribution in [2.24, 2.45) is 26.7 Å². The lowest BCUT2D eigenvalue weighted by Gasteiger charge is -2.45. The van der Waals surface area contributed by atoms with Gasteiger partial charge in [0, 0.05) is 6.21 Å². The smallest absolute Gasteiger partial charge is 0.311 e. The van der Waals surface area contributed by atoms with Crippen molar-refractivity contribution in [3.05, 3.63) is 35.9 Å². The molecule has 0 N–H and O–H groups in total. The van der Waals surface area contributed by atoms with Gasteiger partial charge < -0.3 is 23.7 Å². The van der Waals surface area contributed by atoms with Crippen LogP contribution in [-0.2, 0) is 42.9 Å². The van der Waals surface area contributed by atoms with Gasteiger partial charge in [-0.3, -0.25) is 24.2 Å². The Balaban J connectivity index is 2.70. The molecule has 1 aromatic rings. The number of hydrogen-bond acceptors (Lipinski definition) is 10. The molecule has 1 aliphatic heterocycles. The van der Waals surface area contributed by atoms with E-state index in [4.69, 9.17) is 23.7 Å². The third kappa shape index (κ3) is 10.4. The lowest BCUT2D eigenvalue weighted by molar-refractivity contribution is -0.258. The van der Waals surface area contributed by atoms with Crippen LogP contribution in [0.15, 0.2) is 35.3 Å². The summed E-state index contributed by atoms with van der Waals surface area (Å²) in [7, 11) is 0. The summed E-state index contributed by atoms with van der Waals surface area (Å²) in [4.78, 5) is 57.1. The second-order valence-corrected chi connectivity index (χ2v) is 15.0. The molecule has 240 valence electrons. The predicted octanol–water partition coefficient (Wildman–Crippen LogP) is 5.29. The molecule has 2 rings (SSSR count). The average Bonchev–Trinajstić information content (AvgIpc) is 2.86. The highest BCUT2D eigenvalue weighted by molar-refractivity contribution is 5.80. The van der Waals surface area contributed by atoms with Gasteiger partial charge in [0.25, 0.3) is 0 Å². The summed E-state index contributed by atoms with van der Waals surface area (Å²) in [6, 6.07) is 9.19. The molecule has 1 aliphatic rings. The van der Waals surface area contributed by atoms with Crippen LogP contribution in [0.1, 0.15) is 88.6 Å². The average molecular weight is 604 g/mol. The lowest BCUT2D eigenvalue weighted by atomic mass is 9.92. The summed E-state index contributed by atoms with van der Waals surface area (Å²) >= 11 is 0. The zero-order valence-corrected chi connectivity index (χ0v) is 27.7. The van der Waals surface area contributed by atoms with Gasteiger partial charge in [0.2, 0.25) is 0 Å². The predicted molar refractivity (Wildman–Crippen MR) is 161 cm³/mol. The number of esters is 4. The Morgan fingerprint density at radius 2 is 1.07 bits per heavy atom. The molecule has 10 heteroatoms.